The lowest BCUT2D eigenvalue weighted by Gasteiger charge is -2.16. The molecule has 0 amide bonds. The first kappa shape index (κ1) is 17.4. The Kier molecular flexibility index (Phi) is 4.78. The molecular weight excluding hydrogens is 342 g/mol. The molecule has 3 rings (SSSR count). The smallest absolute Gasteiger partial charge is 0.243 e. The van der Waals surface area contributed by atoms with Crippen molar-refractivity contribution in [3.8, 4) is 0 Å². The summed E-state index contributed by atoms with van der Waals surface area (Å²) in [6.45, 7) is 0. The van der Waals surface area contributed by atoms with Crippen LogP contribution in [0.15, 0.2) is 47.4 Å². The molecule has 25 heavy (non-hydrogen) atoms. The van der Waals surface area contributed by atoms with E-state index in [1.807, 2.05) is 59.0 Å². The number of rotatable bonds is 7. The van der Waals surface area contributed by atoms with Gasteiger partial charge in [-0.2, -0.15) is 4.98 Å². The second-order valence-electron chi connectivity index (χ2n) is 6.09. The molecule has 0 spiro atoms. The van der Waals surface area contributed by atoms with Gasteiger partial charge in [0.2, 0.25) is 11.7 Å². The summed E-state index contributed by atoms with van der Waals surface area (Å²) in [4.78, 5) is 4.43. The van der Waals surface area contributed by atoms with Crippen LogP contribution in [0.3, 0.4) is 0 Å². The Labute approximate surface area is 146 Å². The molecule has 0 saturated heterocycles. The van der Waals surface area contributed by atoms with Gasteiger partial charge in [0.15, 0.2) is 0 Å². The van der Waals surface area contributed by atoms with Crippen molar-refractivity contribution in [1.82, 2.24) is 19.3 Å². The van der Waals surface area contributed by atoms with Crippen molar-refractivity contribution in [3.63, 3.8) is 0 Å². The molecule has 0 aromatic carbocycles. The van der Waals surface area contributed by atoms with Crippen LogP contribution >= 0.6 is 0 Å². The second-order valence-corrected chi connectivity index (χ2v) is 8.35. The normalized spacial score (nSPS) is 14.5. The van der Waals surface area contributed by atoms with Crippen molar-refractivity contribution >= 4 is 9.84 Å². The maximum atomic E-state index is 11.3. The van der Waals surface area contributed by atoms with Crippen LogP contribution in [-0.2, 0) is 16.9 Å². The average molecular weight is 363 g/mol. The van der Waals surface area contributed by atoms with E-state index < -0.39 is 15.9 Å². The van der Waals surface area contributed by atoms with E-state index in [0.717, 1.165) is 5.69 Å². The molecule has 0 radical (unpaired) electrons. The average Bonchev–Trinajstić information content (AvgIpc) is 3.28. The first-order chi connectivity index (χ1) is 11.8. The zero-order chi connectivity index (χ0) is 18.0. The summed E-state index contributed by atoms with van der Waals surface area (Å²) in [6.07, 6.45) is 7.22. The van der Waals surface area contributed by atoms with E-state index in [0.29, 0.717) is 5.82 Å². The molecule has 0 aliphatic carbocycles. The Morgan fingerprint density at radius 1 is 1.24 bits per heavy atom. The van der Waals surface area contributed by atoms with Crippen LogP contribution < -0.4 is 5.73 Å². The summed E-state index contributed by atoms with van der Waals surface area (Å²) in [5.41, 5.74) is 7.00. The molecule has 2 N–H and O–H groups in total. The van der Waals surface area contributed by atoms with E-state index in [1.165, 1.54) is 6.26 Å². The molecule has 3 aromatic heterocycles. The van der Waals surface area contributed by atoms with Gasteiger partial charge in [-0.1, -0.05) is 5.16 Å². The van der Waals surface area contributed by atoms with E-state index in [1.54, 1.807) is 0 Å². The Balaban J connectivity index is 1.89. The van der Waals surface area contributed by atoms with Gasteiger partial charge in [0, 0.05) is 37.6 Å². The van der Waals surface area contributed by atoms with E-state index in [9.17, 15) is 8.42 Å². The minimum Gasteiger partial charge on any atom is -0.352 e. The topological polar surface area (TPSA) is 109 Å². The summed E-state index contributed by atoms with van der Waals surface area (Å²) >= 11 is 0. The van der Waals surface area contributed by atoms with Crippen molar-refractivity contribution in [2.75, 3.05) is 12.0 Å². The highest BCUT2D eigenvalue weighted by Gasteiger charge is 2.25. The van der Waals surface area contributed by atoms with Gasteiger partial charge >= 0.3 is 0 Å². The van der Waals surface area contributed by atoms with Gasteiger partial charge in [-0.15, -0.1) is 0 Å². The van der Waals surface area contributed by atoms with Gasteiger partial charge in [-0.3, -0.25) is 0 Å². The van der Waals surface area contributed by atoms with Gasteiger partial charge in [0.25, 0.3) is 0 Å². The molecule has 9 heteroatoms. The largest absolute Gasteiger partial charge is 0.352 e. The Morgan fingerprint density at radius 3 is 2.56 bits per heavy atom. The molecule has 134 valence electrons. The second kappa shape index (κ2) is 6.85. The number of hydrogen-bond acceptors (Lipinski definition) is 6. The summed E-state index contributed by atoms with van der Waals surface area (Å²) in [5.74, 6) is 0.692. The summed E-state index contributed by atoms with van der Waals surface area (Å²) in [7, 11) is -1.14. The maximum absolute atomic E-state index is 11.3. The van der Waals surface area contributed by atoms with Gasteiger partial charge in [0.05, 0.1) is 11.8 Å². The molecule has 0 bridgehead atoms. The van der Waals surface area contributed by atoms with Gasteiger partial charge in [-0.05, 0) is 30.7 Å². The van der Waals surface area contributed by atoms with Crippen LogP contribution in [0.5, 0.6) is 0 Å². The lowest BCUT2D eigenvalue weighted by atomic mass is 10.2. The predicted octanol–water partition coefficient (Wildman–Crippen LogP) is 1.28. The SMILES string of the molecule is Cn1cccc1[C@@H](c1noc([C@H](N)CCS(C)(=O)=O)n1)n1cccc1. The fourth-order valence-corrected chi connectivity index (χ4v) is 3.35. The van der Waals surface area contributed by atoms with E-state index in [-0.39, 0.29) is 24.1 Å². The Bertz CT molecular complexity index is 927. The van der Waals surface area contributed by atoms with Gasteiger partial charge in [0.1, 0.15) is 15.9 Å². The molecular formula is C16H21N5O3S. The maximum Gasteiger partial charge on any atom is 0.243 e. The number of nitrogens with two attached hydrogens (primary N) is 1. The molecule has 0 saturated carbocycles. The zero-order valence-electron chi connectivity index (χ0n) is 14.1. The van der Waals surface area contributed by atoms with E-state index in [2.05, 4.69) is 10.1 Å². The molecule has 8 nitrogen and oxygen atoms in total. The lowest BCUT2D eigenvalue weighted by Crippen LogP contribution is -2.17. The fraction of sp³-hybridized carbons (Fsp3) is 0.375. The quantitative estimate of drug-likeness (QED) is 0.677. The molecule has 0 aliphatic heterocycles. The summed E-state index contributed by atoms with van der Waals surface area (Å²) in [5, 5.41) is 4.09. The standard InChI is InChI=1S/C16H21N5O3S/c1-20-8-5-6-13(20)14(21-9-3-4-10-21)15-18-16(24-19-15)12(17)7-11-25(2,22)23/h3-6,8-10,12,14H,7,11,17H2,1-2H3/t12-,14+/m1/s1. The highest BCUT2D eigenvalue weighted by molar-refractivity contribution is 7.90. The molecule has 2 atom stereocenters. The van der Waals surface area contributed by atoms with Crippen molar-refractivity contribution in [2.24, 2.45) is 12.8 Å². The number of aromatic nitrogens is 4. The van der Waals surface area contributed by atoms with Gasteiger partial charge < -0.3 is 19.4 Å². The molecule has 0 fully saturated rings. The van der Waals surface area contributed by atoms with Crippen LogP contribution in [0, 0.1) is 0 Å². The zero-order valence-corrected chi connectivity index (χ0v) is 14.9. The van der Waals surface area contributed by atoms with Crippen molar-refractivity contribution in [1.29, 1.82) is 0 Å². The van der Waals surface area contributed by atoms with Crippen LogP contribution in [-0.4, -0.2) is 39.7 Å². The third-order valence-electron chi connectivity index (χ3n) is 4.01. The minimum atomic E-state index is -3.09. The van der Waals surface area contributed by atoms with Crippen molar-refractivity contribution < 1.29 is 12.9 Å². The van der Waals surface area contributed by atoms with Crippen LogP contribution in [0.2, 0.25) is 0 Å². The van der Waals surface area contributed by atoms with Crippen LogP contribution in [0.4, 0.5) is 0 Å². The van der Waals surface area contributed by atoms with Crippen LogP contribution in [0.25, 0.3) is 0 Å². The van der Waals surface area contributed by atoms with Crippen LogP contribution in [0.1, 0.15) is 35.9 Å². The fourth-order valence-electron chi connectivity index (χ4n) is 2.67. The lowest BCUT2D eigenvalue weighted by molar-refractivity contribution is 0.345. The first-order valence-corrected chi connectivity index (χ1v) is 9.91. The summed E-state index contributed by atoms with van der Waals surface area (Å²) in [6, 6.07) is 6.92. The molecule has 3 heterocycles. The number of hydrogen-bond donors (Lipinski definition) is 1. The van der Waals surface area contributed by atoms with Crippen molar-refractivity contribution in [3.05, 3.63) is 60.3 Å². The predicted molar refractivity (Wildman–Crippen MR) is 92.6 cm³/mol. The third kappa shape index (κ3) is 3.99. The van der Waals surface area contributed by atoms with E-state index in [4.69, 9.17) is 10.3 Å². The van der Waals surface area contributed by atoms with E-state index >= 15 is 0 Å². The van der Waals surface area contributed by atoms with Crippen molar-refractivity contribution in [2.45, 2.75) is 18.5 Å². The van der Waals surface area contributed by atoms with Gasteiger partial charge in [-0.25, -0.2) is 8.42 Å². The highest BCUT2D eigenvalue weighted by atomic mass is 32.2. The minimum absolute atomic E-state index is 0.0231. The Morgan fingerprint density at radius 2 is 1.96 bits per heavy atom. The molecule has 0 aliphatic rings. The number of nitrogens with zero attached hydrogens (tertiary/aromatic N) is 4. The Hall–Kier alpha value is -2.39. The monoisotopic (exact) mass is 363 g/mol. The first-order valence-electron chi connectivity index (χ1n) is 7.85. The highest BCUT2D eigenvalue weighted by Crippen LogP contribution is 2.26. The molecule has 3 aromatic rings. The summed E-state index contributed by atoms with van der Waals surface area (Å²) < 4.78 is 31.9. The third-order valence-corrected chi connectivity index (χ3v) is 4.99. The number of aryl methyl sites for hydroxylation is 1. The number of sulfone groups is 1. The molecule has 0 unspecified atom stereocenters.